The van der Waals surface area contributed by atoms with Gasteiger partial charge in [-0.2, -0.15) is 0 Å². The highest BCUT2D eigenvalue weighted by molar-refractivity contribution is 7.99. The van der Waals surface area contributed by atoms with E-state index in [0.29, 0.717) is 82.3 Å². The molecule has 3 aromatic rings. The first-order valence-electron chi connectivity index (χ1n) is 15.1. The van der Waals surface area contributed by atoms with Gasteiger partial charge in [0, 0.05) is 55.6 Å². The minimum absolute atomic E-state index is 0.217. The van der Waals surface area contributed by atoms with Gasteiger partial charge in [-0.15, -0.1) is 11.8 Å². The van der Waals surface area contributed by atoms with E-state index in [9.17, 15) is 28.3 Å². The molecule has 0 spiro atoms. The molecule has 1 atom stereocenters. The summed E-state index contributed by atoms with van der Waals surface area (Å²) < 4.78 is 52.3. The average molecular weight is 649 g/mol. The van der Waals surface area contributed by atoms with Crippen LogP contribution < -0.4 is 10.2 Å². The third kappa shape index (κ3) is 7.90. The molecule has 2 aromatic carbocycles. The lowest BCUT2D eigenvalue weighted by Crippen LogP contribution is -2.48. The highest BCUT2D eigenvalue weighted by Gasteiger charge is 2.41. The molecule has 2 aliphatic heterocycles. The molecule has 45 heavy (non-hydrogen) atoms. The van der Waals surface area contributed by atoms with Crippen LogP contribution in [0.1, 0.15) is 42.9 Å². The van der Waals surface area contributed by atoms with E-state index >= 15 is 0 Å². The predicted octanol–water partition coefficient (Wildman–Crippen LogP) is 4.69. The molecule has 2 saturated heterocycles. The first kappa shape index (κ1) is 33.4. The van der Waals surface area contributed by atoms with Crippen LogP contribution in [0.25, 0.3) is 10.9 Å². The molecule has 2 aliphatic rings. The second-order valence-corrected chi connectivity index (χ2v) is 12.7. The summed E-state index contributed by atoms with van der Waals surface area (Å²) in [7, 11) is 1.59. The lowest BCUT2D eigenvalue weighted by atomic mass is 9.73. The number of piperidine rings is 1. The van der Waals surface area contributed by atoms with E-state index in [2.05, 4.69) is 14.8 Å². The molecule has 2 fully saturated rings. The summed E-state index contributed by atoms with van der Waals surface area (Å²) in [6.07, 6.45) is 2.37. The molecule has 5 rings (SSSR count). The van der Waals surface area contributed by atoms with Crippen LogP contribution in [-0.4, -0.2) is 89.8 Å². The van der Waals surface area contributed by atoms with Gasteiger partial charge in [0.25, 0.3) is 0 Å². The number of nitrogens with zero attached hydrogens (tertiary/aromatic N) is 3. The van der Waals surface area contributed by atoms with Crippen molar-refractivity contribution in [2.24, 2.45) is 5.41 Å². The second kappa shape index (κ2) is 15.1. The van der Waals surface area contributed by atoms with Gasteiger partial charge in [0.05, 0.1) is 42.3 Å². The Morgan fingerprint density at radius 3 is 2.49 bits per heavy atom. The number of rotatable bonds is 12. The highest BCUT2D eigenvalue weighted by Crippen LogP contribution is 2.41. The number of likely N-dealkylation sites (tertiary alicyclic amines) is 1. The van der Waals surface area contributed by atoms with Crippen LogP contribution >= 0.6 is 11.8 Å². The second-order valence-electron chi connectivity index (χ2n) is 11.6. The number of amides is 1. The average Bonchev–Trinajstić information content (AvgIpc) is 3.05. The molecule has 0 saturated carbocycles. The third-order valence-electron chi connectivity index (χ3n) is 8.94. The van der Waals surface area contributed by atoms with Gasteiger partial charge in [-0.3, -0.25) is 19.9 Å². The number of nitrogens with one attached hydrogen (secondary N) is 1. The summed E-state index contributed by atoms with van der Waals surface area (Å²) in [5.74, 6) is -2.29. The summed E-state index contributed by atoms with van der Waals surface area (Å²) in [4.78, 5) is 21.8. The maximum Gasteiger partial charge on any atom is 0.249 e. The smallest absolute Gasteiger partial charge is 0.249 e. The van der Waals surface area contributed by atoms with Crippen LogP contribution in [0.2, 0.25) is 0 Å². The normalized spacial score (nSPS) is 18.2. The number of aliphatic hydroxyl groups excluding tert-OH is 1. The number of halogens is 3. The van der Waals surface area contributed by atoms with Crippen LogP contribution in [0.15, 0.2) is 41.4 Å². The predicted molar refractivity (Wildman–Crippen MR) is 164 cm³/mol. The third-order valence-corrected chi connectivity index (χ3v) is 10.0. The minimum atomic E-state index is -0.959. The van der Waals surface area contributed by atoms with E-state index < -0.39 is 34.9 Å². The summed E-state index contributed by atoms with van der Waals surface area (Å²) in [6.45, 7) is 4.98. The quantitative estimate of drug-likeness (QED) is 0.147. The Morgan fingerprint density at radius 1 is 1.11 bits per heavy atom. The van der Waals surface area contributed by atoms with Gasteiger partial charge in [-0.25, -0.2) is 18.7 Å². The van der Waals surface area contributed by atoms with Crippen LogP contribution in [0, 0.1) is 22.9 Å². The SMILES string of the molecule is COc1ccc2ncc(CN3CCOCC3)c([C@H](O)CCC3(C(=O)NO)CCN(CCSc4c(F)cc(F)cc4F)CC3)c2c1. The zero-order valence-corrected chi connectivity index (χ0v) is 26.1. The fourth-order valence-electron chi connectivity index (χ4n) is 6.29. The molecule has 244 valence electrons. The number of pyridine rings is 1. The maximum absolute atomic E-state index is 14.0. The largest absolute Gasteiger partial charge is 0.497 e. The lowest BCUT2D eigenvalue weighted by molar-refractivity contribution is -0.143. The Kier molecular flexibility index (Phi) is 11.2. The Hall–Kier alpha value is -2.94. The summed E-state index contributed by atoms with van der Waals surface area (Å²) in [6, 6.07) is 6.89. The molecule has 13 heteroatoms. The van der Waals surface area contributed by atoms with Crippen LogP contribution in [-0.2, 0) is 16.1 Å². The van der Waals surface area contributed by atoms with Gasteiger partial charge < -0.3 is 19.5 Å². The van der Waals surface area contributed by atoms with Crippen molar-refractivity contribution in [3.8, 4) is 5.75 Å². The number of morpholine rings is 1. The molecule has 3 N–H and O–H groups in total. The van der Waals surface area contributed by atoms with Crippen molar-refractivity contribution >= 4 is 28.6 Å². The summed E-state index contributed by atoms with van der Waals surface area (Å²) >= 11 is 0.980. The fourth-order valence-corrected chi connectivity index (χ4v) is 7.24. The molecular weight excluding hydrogens is 609 g/mol. The Labute approximate surface area is 264 Å². The molecule has 0 unspecified atom stereocenters. The first-order chi connectivity index (χ1) is 21.7. The number of thioether (sulfide) groups is 1. The number of carbonyl (C=O) groups excluding carboxylic acids is 1. The Morgan fingerprint density at radius 2 is 1.82 bits per heavy atom. The monoisotopic (exact) mass is 648 g/mol. The van der Waals surface area contributed by atoms with E-state index in [4.69, 9.17) is 9.47 Å². The van der Waals surface area contributed by atoms with E-state index in [1.165, 1.54) is 0 Å². The first-order valence-corrected chi connectivity index (χ1v) is 16.1. The zero-order chi connectivity index (χ0) is 32.0. The van der Waals surface area contributed by atoms with Crippen LogP contribution in [0.4, 0.5) is 13.2 Å². The van der Waals surface area contributed by atoms with Crippen molar-refractivity contribution in [1.82, 2.24) is 20.3 Å². The van der Waals surface area contributed by atoms with E-state index in [0.717, 1.165) is 46.9 Å². The Balaban J connectivity index is 1.27. The van der Waals surface area contributed by atoms with Gasteiger partial charge in [0.2, 0.25) is 5.91 Å². The van der Waals surface area contributed by atoms with E-state index in [1.54, 1.807) is 13.3 Å². The molecule has 9 nitrogen and oxygen atoms in total. The van der Waals surface area contributed by atoms with Gasteiger partial charge in [0.1, 0.15) is 23.2 Å². The number of hydrogen-bond donors (Lipinski definition) is 3. The molecular formula is C32H39F3N4O5S. The number of benzene rings is 2. The van der Waals surface area contributed by atoms with Crippen molar-refractivity contribution < 1.29 is 37.8 Å². The van der Waals surface area contributed by atoms with Gasteiger partial charge >= 0.3 is 0 Å². The van der Waals surface area contributed by atoms with Gasteiger partial charge in [-0.05, 0) is 68.1 Å². The van der Waals surface area contributed by atoms with Gasteiger partial charge in [-0.1, -0.05) is 0 Å². The number of aromatic nitrogens is 1. The van der Waals surface area contributed by atoms with Crippen LogP contribution in [0.5, 0.6) is 5.75 Å². The standard InChI is InChI=1S/C32H39F3N4O5S/c1-43-23-2-3-27-24(18-23)29(21(19-36-27)20-39-10-13-44-14-11-39)28(40)4-5-32(31(41)37-42)6-8-38(9-7-32)12-15-45-30-25(34)16-22(33)17-26(30)35/h2-3,16-19,28,40,42H,4-15,20H2,1H3,(H,37,41)/t28-/m1/s1. The number of aliphatic hydroxyl groups is 1. The number of hydrogen-bond acceptors (Lipinski definition) is 9. The molecule has 1 aromatic heterocycles. The van der Waals surface area contributed by atoms with E-state index in [1.807, 2.05) is 23.7 Å². The number of hydroxylamine groups is 1. The van der Waals surface area contributed by atoms with Gasteiger partial charge in [0.15, 0.2) is 0 Å². The molecule has 1 amide bonds. The van der Waals surface area contributed by atoms with Crippen molar-refractivity contribution in [3.63, 3.8) is 0 Å². The highest BCUT2D eigenvalue weighted by atomic mass is 32.2. The lowest BCUT2D eigenvalue weighted by Gasteiger charge is -2.40. The topological polar surface area (TPSA) is 107 Å². The number of ether oxygens (including phenoxy) is 2. The van der Waals surface area contributed by atoms with Crippen molar-refractivity contribution in [1.29, 1.82) is 0 Å². The molecule has 0 radical (unpaired) electrons. The summed E-state index contributed by atoms with van der Waals surface area (Å²) in [5.41, 5.74) is 3.31. The molecule has 3 heterocycles. The van der Waals surface area contributed by atoms with E-state index in [-0.39, 0.29) is 11.3 Å². The Bertz CT molecular complexity index is 1460. The molecule has 0 bridgehead atoms. The number of fused-ring (bicyclic) bond motifs is 1. The maximum atomic E-state index is 14.0. The fraction of sp³-hybridized carbons (Fsp3) is 0.500. The zero-order valence-electron chi connectivity index (χ0n) is 25.2. The van der Waals surface area contributed by atoms with Crippen molar-refractivity contribution in [3.05, 3.63) is 65.1 Å². The molecule has 0 aliphatic carbocycles. The van der Waals surface area contributed by atoms with Crippen LogP contribution in [0.3, 0.4) is 0 Å². The summed E-state index contributed by atoms with van der Waals surface area (Å²) in [5, 5.41) is 22.2. The minimum Gasteiger partial charge on any atom is -0.497 e. The van der Waals surface area contributed by atoms with Crippen molar-refractivity contribution in [2.45, 2.75) is 43.2 Å². The number of methoxy groups -OCH3 is 1. The number of carbonyl (C=O) groups is 1. The van der Waals surface area contributed by atoms with Crippen molar-refractivity contribution in [2.75, 3.05) is 58.8 Å².